The van der Waals surface area contributed by atoms with E-state index in [0.717, 1.165) is 11.8 Å². The van der Waals surface area contributed by atoms with Crippen LogP contribution in [0, 0.1) is 17.1 Å². The van der Waals surface area contributed by atoms with Crippen LogP contribution in [-0.4, -0.2) is 27.3 Å². The van der Waals surface area contributed by atoms with E-state index >= 15 is 0 Å². The average Bonchev–Trinajstić information content (AvgIpc) is 2.86. The third-order valence-electron chi connectivity index (χ3n) is 5.25. The summed E-state index contributed by atoms with van der Waals surface area (Å²) in [6.07, 6.45) is 0.173. The first kappa shape index (κ1) is 23.2. The van der Waals surface area contributed by atoms with Crippen LogP contribution in [-0.2, 0) is 4.79 Å². The molecule has 0 aliphatic carbocycles. The number of hydrogen-bond donors (Lipinski definition) is 0. The zero-order chi connectivity index (χ0) is 24.1. The quantitative estimate of drug-likeness (QED) is 0.281. The lowest BCUT2D eigenvalue weighted by molar-refractivity contribution is -0.117. The number of carbonyl (C=O) groups excluding carboxylic acids is 1. The Morgan fingerprint density at radius 2 is 1.76 bits per heavy atom. The van der Waals surface area contributed by atoms with Gasteiger partial charge in [0.05, 0.1) is 34.3 Å². The number of nitriles is 1. The molecule has 0 bridgehead atoms. The van der Waals surface area contributed by atoms with E-state index in [0.29, 0.717) is 16.6 Å². The van der Waals surface area contributed by atoms with Crippen molar-refractivity contribution in [3.05, 3.63) is 95.0 Å². The van der Waals surface area contributed by atoms with Gasteiger partial charge in [0.25, 0.3) is 5.56 Å². The van der Waals surface area contributed by atoms with E-state index in [9.17, 15) is 14.0 Å². The van der Waals surface area contributed by atoms with Gasteiger partial charge in [0.2, 0.25) is 5.91 Å². The van der Waals surface area contributed by atoms with E-state index in [2.05, 4.69) is 11.1 Å². The number of para-hydroxylation sites is 3. The van der Waals surface area contributed by atoms with Gasteiger partial charge in [-0.05, 0) is 43.3 Å². The van der Waals surface area contributed by atoms with E-state index in [4.69, 9.17) is 5.26 Å². The molecular formula is C26H21FN4O2S. The maximum Gasteiger partial charge on any atom is 0.266 e. The summed E-state index contributed by atoms with van der Waals surface area (Å²) in [6.45, 7) is 1.94. The van der Waals surface area contributed by atoms with E-state index in [-0.39, 0.29) is 29.7 Å². The zero-order valence-corrected chi connectivity index (χ0v) is 19.2. The predicted octanol–water partition coefficient (Wildman–Crippen LogP) is 4.95. The molecule has 0 aliphatic heterocycles. The molecule has 0 saturated heterocycles. The number of anilines is 1. The van der Waals surface area contributed by atoms with Crippen molar-refractivity contribution in [3.8, 4) is 11.8 Å². The summed E-state index contributed by atoms with van der Waals surface area (Å²) in [5.74, 6) is -0.809. The molecule has 0 radical (unpaired) electrons. The molecule has 4 rings (SSSR count). The number of rotatable bonds is 7. The van der Waals surface area contributed by atoms with Crippen LogP contribution < -0.4 is 10.5 Å². The number of nitrogens with zero attached hydrogens (tertiary/aromatic N) is 4. The maximum absolute atomic E-state index is 14.7. The Hall–Kier alpha value is -3.96. The van der Waals surface area contributed by atoms with Gasteiger partial charge in [-0.15, -0.1) is 0 Å². The number of thioether (sulfide) groups is 1. The van der Waals surface area contributed by atoms with Crippen molar-refractivity contribution in [2.45, 2.75) is 23.8 Å². The van der Waals surface area contributed by atoms with Gasteiger partial charge in [-0.25, -0.2) is 9.37 Å². The van der Waals surface area contributed by atoms with Crippen LogP contribution in [0.1, 0.15) is 13.3 Å². The van der Waals surface area contributed by atoms with E-state index in [1.807, 2.05) is 18.2 Å². The molecule has 0 unspecified atom stereocenters. The van der Waals surface area contributed by atoms with Gasteiger partial charge in [0, 0.05) is 12.2 Å². The van der Waals surface area contributed by atoms with Crippen molar-refractivity contribution >= 4 is 34.3 Å². The monoisotopic (exact) mass is 472 g/mol. The third-order valence-corrected chi connectivity index (χ3v) is 6.29. The Morgan fingerprint density at radius 3 is 2.50 bits per heavy atom. The number of hydrogen-bond acceptors (Lipinski definition) is 5. The number of amides is 1. The molecule has 4 aromatic rings. The van der Waals surface area contributed by atoms with Crippen molar-refractivity contribution in [2.75, 3.05) is 11.4 Å². The number of halogens is 1. The summed E-state index contributed by atoms with van der Waals surface area (Å²) in [7, 11) is 0. The minimum absolute atomic E-state index is 0.0669. The van der Waals surface area contributed by atoms with Crippen molar-refractivity contribution < 1.29 is 9.18 Å². The van der Waals surface area contributed by atoms with Crippen LogP contribution in [0.15, 0.2) is 88.8 Å². The second kappa shape index (κ2) is 10.3. The molecule has 1 amide bonds. The lowest BCUT2D eigenvalue weighted by Gasteiger charge is -2.25. The number of carbonyl (C=O) groups is 1. The fourth-order valence-corrected chi connectivity index (χ4v) is 4.58. The summed E-state index contributed by atoms with van der Waals surface area (Å²) in [5.41, 5.74) is 0.791. The number of benzene rings is 3. The van der Waals surface area contributed by atoms with Gasteiger partial charge >= 0.3 is 0 Å². The average molecular weight is 473 g/mol. The fraction of sp³-hybridized carbons (Fsp3) is 0.154. The van der Waals surface area contributed by atoms with Crippen molar-refractivity contribution in [1.82, 2.24) is 9.55 Å². The summed E-state index contributed by atoms with van der Waals surface area (Å²) < 4.78 is 15.9. The number of aromatic nitrogens is 2. The van der Waals surface area contributed by atoms with Crippen LogP contribution in [0.3, 0.4) is 0 Å². The van der Waals surface area contributed by atoms with Crippen molar-refractivity contribution in [1.29, 1.82) is 5.26 Å². The first-order valence-electron chi connectivity index (χ1n) is 10.7. The highest BCUT2D eigenvalue weighted by molar-refractivity contribution is 8.00. The Balaban J connectivity index is 1.77. The maximum atomic E-state index is 14.7. The summed E-state index contributed by atoms with van der Waals surface area (Å²) >= 11 is 1.08. The zero-order valence-electron chi connectivity index (χ0n) is 18.4. The van der Waals surface area contributed by atoms with Gasteiger partial charge in [-0.3, -0.25) is 14.2 Å². The van der Waals surface area contributed by atoms with Gasteiger partial charge < -0.3 is 4.90 Å². The van der Waals surface area contributed by atoms with Gasteiger partial charge in [-0.1, -0.05) is 54.2 Å². The first-order chi connectivity index (χ1) is 16.5. The molecule has 0 spiro atoms. The number of fused-ring (bicyclic) bond motifs is 1. The van der Waals surface area contributed by atoms with Gasteiger partial charge in [-0.2, -0.15) is 5.26 Å². The van der Waals surface area contributed by atoms with Crippen LogP contribution in [0.4, 0.5) is 10.1 Å². The van der Waals surface area contributed by atoms with E-state index < -0.39 is 16.6 Å². The van der Waals surface area contributed by atoms with E-state index in [1.54, 1.807) is 60.4 Å². The second-order valence-electron chi connectivity index (χ2n) is 7.50. The standard InChI is InChI=1S/C26H21FN4O2S/c1-18(24(32)30(17-9-16-28)19-10-3-2-4-11-19)34-26-29-22-14-7-5-12-20(22)25(33)31(26)23-15-8-6-13-21(23)27/h2-8,10-15,18H,9,17H2,1H3/t18-/m1/s1. The predicted molar refractivity (Wildman–Crippen MR) is 132 cm³/mol. The molecule has 0 fully saturated rings. The Labute approximate surface area is 200 Å². The third kappa shape index (κ3) is 4.70. The Bertz CT molecular complexity index is 1430. The molecule has 3 aromatic carbocycles. The van der Waals surface area contributed by atoms with Crippen LogP contribution in [0.25, 0.3) is 16.6 Å². The minimum atomic E-state index is -0.662. The summed E-state index contributed by atoms with van der Waals surface area (Å²) in [6, 6.07) is 24.0. The molecule has 170 valence electrons. The molecule has 0 aliphatic rings. The molecule has 1 aromatic heterocycles. The molecular weight excluding hydrogens is 451 g/mol. The van der Waals surface area contributed by atoms with Crippen molar-refractivity contribution in [3.63, 3.8) is 0 Å². The molecule has 6 nitrogen and oxygen atoms in total. The molecule has 0 saturated carbocycles. The van der Waals surface area contributed by atoms with Crippen LogP contribution >= 0.6 is 11.8 Å². The molecule has 1 heterocycles. The lowest BCUT2D eigenvalue weighted by Crippen LogP contribution is -2.37. The first-order valence-corrected chi connectivity index (χ1v) is 11.6. The summed E-state index contributed by atoms with van der Waals surface area (Å²) in [5, 5.41) is 8.97. The van der Waals surface area contributed by atoms with Crippen LogP contribution in [0.2, 0.25) is 0 Å². The van der Waals surface area contributed by atoms with Gasteiger partial charge in [0.15, 0.2) is 5.16 Å². The lowest BCUT2D eigenvalue weighted by atomic mass is 10.2. The SMILES string of the molecule is C[C@@H](Sc1nc2ccccc2c(=O)n1-c1ccccc1F)C(=O)N(CCC#N)c1ccccc1. The molecule has 0 N–H and O–H groups in total. The Kier molecular flexibility index (Phi) is 7.04. The fourth-order valence-electron chi connectivity index (χ4n) is 3.60. The Morgan fingerprint density at radius 1 is 1.09 bits per heavy atom. The molecule has 8 heteroatoms. The highest BCUT2D eigenvalue weighted by atomic mass is 32.2. The van der Waals surface area contributed by atoms with Crippen LogP contribution in [0.5, 0.6) is 0 Å². The van der Waals surface area contributed by atoms with Crippen molar-refractivity contribution in [2.24, 2.45) is 0 Å². The highest BCUT2D eigenvalue weighted by Crippen LogP contribution is 2.28. The topological polar surface area (TPSA) is 79.0 Å². The molecule has 34 heavy (non-hydrogen) atoms. The second-order valence-corrected chi connectivity index (χ2v) is 8.81. The normalized spacial score (nSPS) is 11.7. The van der Waals surface area contributed by atoms with Gasteiger partial charge in [0.1, 0.15) is 5.82 Å². The largest absolute Gasteiger partial charge is 0.310 e. The van der Waals surface area contributed by atoms with E-state index in [1.165, 1.54) is 16.7 Å². The highest BCUT2D eigenvalue weighted by Gasteiger charge is 2.26. The minimum Gasteiger partial charge on any atom is -0.310 e. The molecule has 1 atom stereocenters. The smallest absolute Gasteiger partial charge is 0.266 e. The summed E-state index contributed by atoms with van der Waals surface area (Å²) in [4.78, 5) is 32.9.